The van der Waals surface area contributed by atoms with E-state index in [0.717, 1.165) is 19.3 Å². The number of pyridine rings is 1. The molecular weight excluding hydrogens is 261 g/mol. The summed E-state index contributed by atoms with van der Waals surface area (Å²) in [6.45, 7) is 0.514. The maximum Gasteiger partial charge on any atom is 0.273 e. The van der Waals surface area contributed by atoms with E-state index in [1.54, 1.807) is 0 Å². The van der Waals surface area contributed by atoms with E-state index >= 15 is 0 Å². The summed E-state index contributed by atoms with van der Waals surface area (Å²) < 4.78 is 13.1. The van der Waals surface area contributed by atoms with Crippen LogP contribution >= 0.6 is 0 Å². The van der Waals surface area contributed by atoms with Crippen LogP contribution in [0.2, 0.25) is 0 Å². The van der Waals surface area contributed by atoms with Gasteiger partial charge in [-0.15, -0.1) is 0 Å². The number of aromatic nitrogens is 1. The van der Waals surface area contributed by atoms with Gasteiger partial charge >= 0.3 is 0 Å². The van der Waals surface area contributed by atoms with Gasteiger partial charge in [-0.05, 0) is 37.8 Å². The highest BCUT2D eigenvalue weighted by molar-refractivity contribution is 5.96. The molecule has 0 radical (unpaired) electrons. The van der Waals surface area contributed by atoms with E-state index in [1.165, 1.54) is 23.1 Å². The number of hydrogen-bond donors (Lipinski definition) is 1. The van der Waals surface area contributed by atoms with Crippen molar-refractivity contribution < 1.29 is 14.0 Å². The van der Waals surface area contributed by atoms with Crippen LogP contribution < -0.4 is 5.32 Å². The molecule has 6 heteroatoms. The first-order valence-electron chi connectivity index (χ1n) is 6.89. The third-order valence-electron chi connectivity index (χ3n) is 3.67. The molecule has 1 unspecified atom stereocenters. The molecule has 2 aliphatic rings. The van der Waals surface area contributed by atoms with Crippen molar-refractivity contribution in [3.05, 3.63) is 29.8 Å². The second kappa shape index (κ2) is 5.19. The number of nitrogens with zero attached hydrogens (tertiary/aromatic N) is 2. The molecule has 2 fully saturated rings. The largest absolute Gasteiger partial charge is 0.352 e. The summed E-state index contributed by atoms with van der Waals surface area (Å²) in [6.07, 6.45) is 3.46. The molecule has 2 heterocycles. The molecule has 1 N–H and O–H groups in total. The molecule has 3 rings (SSSR count). The second-order valence-corrected chi connectivity index (χ2v) is 5.28. The predicted octanol–water partition coefficient (Wildman–Crippen LogP) is 1.10. The van der Waals surface area contributed by atoms with Crippen LogP contribution in [0.1, 0.15) is 36.2 Å². The van der Waals surface area contributed by atoms with E-state index in [2.05, 4.69) is 10.3 Å². The molecule has 1 saturated carbocycles. The lowest BCUT2D eigenvalue weighted by molar-refractivity contribution is -0.125. The third kappa shape index (κ3) is 2.64. The Morgan fingerprint density at radius 3 is 2.80 bits per heavy atom. The predicted molar refractivity (Wildman–Crippen MR) is 69.4 cm³/mol. The molecule has 1 saturated heterocycles. The van der Waals surface area contributed by atoms with Gasteiger partial charge in [-0.2, -0.15) is 4.39 Å². The topological polar surface area (TPSA) is 62.3 Å². The van der Waals surface area contributed by atoms with E-state index in [-0.39, 0.29) is 23.6 Å². The maximum absolute atomic E-state index is 13.1. The van der Waals surface area contributed by atoms with Crippen LogP contribution in [0.5, 0.6) is 0 Å². The molecule has 20 heavy (non-hydrogen) atoms. The lowest BCUT2D eigenvalue weighted by Crippen LogP contribution is -2.46. The van der Waals surface area contributed by atoms with E-state index in [9.17, 15) is 14.0 Å². The smallest absolute Gasteiger partial charge is 0.273 e. The van der Waals surface area contributed by atoms with Gasteiger partial charge in [0.15, 0.2) is 0 Å². The molecule has 1 aliphatic heterocycles. The van der Waals surface area contributed by atoms with Crippen LogP contribution in [0.15, 0.2) is 18.2 Å². The van der Waals surface area contributed by atoms with Crippen LogP contribution in [-0.4, -0.2) is 40.3 Å². The SMILES string of the molecule is O=C(NC1CC1)C1CCCN1C(=O)c1cccc(F)n1. The van der Waals surface area contributed by atoms with Gasteiger partial charge in [0.05, 0.1) is 0 Å². The van der Waals surface area contributed by atoms with Gasteiger partial charge in [0.25, 0.3) is 5.91 Å². The molecule has 0 spiro atoms. The van der Waals surface area contributed by atoms with E-state index in [1.807, 2.05) is 0 Å². The highest BCUT2D eigenvalue weighted by Crippen LogP contribution is 2.23. The molecule has 1 aliphatic carbocycles. The third-order valence-corrected chi connectivity index (χ3v) is 3.67. The van der Waals surface area contributed by atoms with E-state index in [4.69, 9.17) is 0 Å². The number of halogens is 1. The van der Waals surface area contributed by atoms with Crippen molar-refractivity contribution in [1.82, 2.24) is 15.2 Å². The Bertz CT molecular complexity index is 545. The average Bonchev–Trinajstić information content (AvgIpc) is 3.10. The van der Waals surface area contributed by atoms with E-state index < -0.39 is 12.0 Å². The number of carbonyl (C=O) groups excluding carboxylic acids is 2. The Hall–Kier alpha value is -1.98. The molecule has 1 atom stereocenters. The highest BCUT2D eigenvalue weighted by Gasteiger charge is 2.37. The van der Waals surface area contributed by atoms with Crippen molar-refractivity contribution in [3.8, 4) is 0 Å². The Balaban J connectivity index is 1.73. The first-order chi connectivity index (χ1) is 9.65. The monoisotopic (exact) mass is 277 g/mol. The van der Waals surface area contributed by atoms with Crippen molar-refractivity contribution in [1.29, 1.82) is 0 Å². The summed E-state index contributed by atoms with van der Waals surface area (Å²) in [4.78, 5) is 29.5. The summed E-state index contributed by atoms with van der Waals surface area (Å²) in [6, 6.07) is 3.93. The number of likely N-dealkylation sites (tertiary alicyclic amines) is 1. The Morgan fingerprint density at radius 2 is 2.10 bits per heavy atom. The quantitative estimate of drug-likeness (QED) is 0.842. The minimum absolute atomic E-state index is 0.0520. The molecule has 0 aromatic carbocycles. The fourth-order valence-electron chi connectivity index (χ4n) is 2.48. The number of nitrogens with one attached hydrogen (secondary N) is 1. The summed E-state index contributed by atoms with van der Waals surface area (Å²) in [5.41, 5.74) is 0.0520. The van der Waals surface area contributed by atoms with Crippen molar-refractivity contribution in [2.45, 2.75) is 37.8 Å². The molecule has 1 aromatic rings. The number of carbonyl (C=O) groups is 2. The number of hydrogen-bond acceptors (Lipinski definition) is 3. The van der Waals surface area contributed by atoms with Gasteiger partial charge in [0.1, 0.15) is 11.7 Å². The molecule has 0 bridgehead atoms. The van der Waals surface area contributed by atoms with Crippen LogP contribution in [0.3, 0.4) is 0 Å². The Morgan fingerprint density at radius 1 is 1.30 bits per heavy atom. The molecule has 1 aromatic heterocycles. The van der Waals surface area contributed by atoms with Crippen molar-refractivity contribution in [3.63, 3.8) is 0 Å². The van der Waals surface area contributed by atoms with Gasteiger partial charge in [-0.1, -0.05) is 6.07 Å². The van der Waals surface area contributed by atoms with E-state index in [0.29, 0.717) is 13.0 Å². The molecule has 5 nitrogen and oxygen atoms in total. The zero-order valence-electron chi connectivity index (χ0n) is 11.0. The summed E-state index contributed by atoms with van der Waals surface area (Å²) in [5.74, 6) is -1.17. The first-order valence-corrected chi connectivity index (χ1v) is 6.89. The first kappa shape index (κ1) is 13.0. The number of amides is 2. The van der Waals surface area contributed by atoms with Crippen LogP contribution in [-0.2, 0) is 4.79 Å². The van der Waals surface area contributed by atoms with Gasteiger partial charge in [-0.3, -0.25) is 9.59 Å². The van der Waals surface area contributed by atoms with Crippen molar-refractivity contribution in [2.75, 3.05) is 6.54 Å². The minimum atomic E-state index is -0.686. The normalized spacial score (nSPS) is 21.9. The van der Waals surface area contributed by atoms with Crippen LogP contribution in [0, 0.1) is 5.95 Å². The fourth-order valence-corrected chi connectivity index (χ4v) is 2.48. The van der Waals surface area contributed by atoms with Gasteiger partial charge in [0, 0.05) is 12.6 Å². The zero-order valence-corrected chi connectivity index (χ0v) is 11.0. The standard InChI is InChI=1S/C14H16FN3O2/c15-12-5-1-3-10(17-12)14(20)18-8-2-4-11(18)13(19)16-9-6-7-9/h1,3,5,9,11H,2,4,6-8H2,(H,16,19). The maximum atomic E-state index is 13.1. The van der Waals surface area contributed by atoms with Gasteiger partial charge < -0.3 is 10.2 Å². The molecular formula is C14H16FN3O2. The van der Waals surface area contributed by atoms with Crippen molar-refractivity contribution in [2.24, 2.45) is 0 Å². The lowest BCUT2D eigenvalue weighted by atomic mass is 10.2. The van der Waals surface area contributed by atoms with Crippen LogP contribution in [0.4, 0.5) is 4.39 Å². The Kier molecular flexibility index (Phi) is 3.38. The summed E-state index contributed by atoms with van der Waals surface area (Å²) >= 11 is 0. The van der Waals surface area contributed by atoms with Gasteiger partial charge in [0.2, 0.25) is 11.9 Å². The molecule has 106 valence electrons. The summed E-state index contributed by atoms with van der Waals surface area (Å²) in [7, 11) is 0. The van der Waals surface area contributed by atoms with Crippen LogP contribution in [0.25, 0.3) is 0 Å². The zero-order chi connectivity index (χ0) is 14.1. The second-order valence-electron chi connectivity index (χ2n) is 5.28. The van der Waals surface area contributed by atoms with Gasteiger partial charge in [-0.25, -0.2) is 4.98 Å². The average molecular weight is 277 g/mol. The number of rotatable bonds is 3. The Labute approximate surface area is 116 Å². The highest BCUT2D eigenvalue weighted by atomic mass is 19.1. The van der Waals surface area contributed by atoms with Crippen molar-refractivity contribution >= 4 is 11.8 Å². The summed E-state index contributed by atoms with van der Waals surface area (Å²) in [5, 5.41) is 2.92. The lowest BCUT2D eigenvalue weighted by Gasteiger charge is -2.23. The minimum Gasteiger partial charge on any atom is -0.352 e. The molecule has 2 amide bonds. The fraction of sp³-hybridized carbons (Fsp3) is 0.500.